The lowest BCUT2D eigenvalue weighted by molar-refractivity contribution is -0.139. The molecule has 1 saturated heterocycles. The molecule has 1 fully saturated rings. The van der Waals surface area contributed by atoms with Crippen LogP contribution in [0.4, 0.5) is 5.69 Å². The smallest absolute Gasteiger partial charge is 0.316 e. The first-order valence-corrected chi connectivity index (χ1v) is 7.79. The van der Waals surface area contributed by atoms with Gasteiger partial charge in [-0.3, -0.25) is 9.59 Å². The summed E-state index contributed by atoms with van der Waals surface area (Å²) in [6.07, 6.45) is 0.170. The largest absolute Gasteiger partial charge is 0.497 e. The van der Waals surface area contributed by atoms with E-state index in [0.29, 0.717) is 18.0 Å². The molecule has 0 radical (unpaired) electrons. The fraction of sp³-hybridized carbons (Fsp3) is 0.263. The van der Waals surface area contributed by atoms with Gasteiger partial charge in [-0.2, -0.15) is 0 Å². The first kappa shape index (κ1) is 16.1. The number of benzene rings is 2. The summed E-state index contributed by atoms with van der Waals surface area (Å²) in [5.41, 5.74) is 1.89. The zero-order valence-corrected chi connectivity index (χ0v) is 13.7. The van der Waals surface area contributed by atoms with E-state index in [1.54, 1.807) is 36.3 Å². The van der Waals surface area contributed by atoms with Gasteiger partial charge in [0.1, 0.15) is 11.5 Å². The van der Waals surface area contributed by atoms with E-state index in [0.717, 1.165) is 11.3 Å². The van der Waals surface area contributed by atoms with Gasteiger partial charge in [-0.05, 0) is 48.9 Å². The summed E-state index contributed by atoms with van der Waals surface area (Å²) in [6, 6.07) is 14.5. The highest BCUT2D eigenvalue weighted by Crippen LogP contribution is 2.27. The first-order chi connectivity index (χ1) is 11.6. The average molecular weight is 325 g/mol. The van der Waals surface area contributed by atoms with Crippen LogP contribution in [-0.2, 0) is 9.59 Å². The van der Waals surface area contributed by atoms with Crippen LogP contribution in [0.25, 0.3) is 0 Å². The van der Waals surface area contributed by atoms with Crippen molar-refractivity contribution in [3.05, 3.63) is 54.1 Å². The lowest BCUT2D eigenvalue weighted by atomic mass is 10.1. The van der Waals surface area contributed by atoms with Crippen LogP contribution in [0, 0.1) is 12.8 Å². The summed E-state index contributed by atoms with van der Waals surface area (Å²) in [4.78, 5) is 26.2. The number of aryl methyl sites for hydroxylation is 1. The Morgan fingerprint density at radius 1 is 1.12 bits per heavy atom. The minimum atomic E-state index is -0.458. The Morgan fingerprint density at radius 2 is 1.83 bits per heavy atom. The number of hydrogen-bond donors (Lipinski definition) is 0. The fourth-order valence-electron chi connectivity index (χ4n) is 2.75. The van der Waals surface area contributed by atoms with E-state index in [1.807, 2.05) is 31.2 Å². The van der Waals surface area contributed by atoms with Crippen molar-refractivity contribution in [2.75, 3.05) is 18.6 Å². The van der Waals surface area contributed by atoms with E-state index in [1.165, 1.54) is 0 Å². The Labute approximate surface area is 140 Å². The predicted octanol–water partition coefficient (Wildman–Crippen LogP) is 2.96. The second kappa shape index (κ2) is 6.74. The van der Waals surface area contributed by atoms with Gasteiger partial charge in [0.2, 0.25) is 5.91 Å². The fourth-order valence-corrected chi connectivity index (χ4v) is 2.75. The molecular weight excluding hydrogens is 306 g/mol. The number of esters is 1. The minimum Gasteiger partial charge on any atom is -0.497 e. The minimum absolute atomic E-state index is 0.0581. The van der Waals surface area contributed by atoms with Crippen LogP contribution >= 0.6 is 0 Å². The van der Waals surface area contributed by atoms with Crippen LogP contribution in [0.1, 0.15) is 12.0 Å². The van der Waals surface area contributed by atoms with Crippen molar-refractivity contribution in [2.45, 2.75) is 13.3 Å². The van der Waals surface area contributed by atoms with E-state index in [4.69, 9.17) is 9.47 Å². The van der Waals surface area contributed by atoms with E-state index in [2.05, 4.69) is 0 Å². The Bertz CT molecular complexity index is 754. The maximum atomic E-state index is 12.3. The third kappa shape index (κ3) is 3.40. The molecule has 0 bridgehead atoms. The van der Waals surface area contributed by atoms with E-state index in [-0.39, 0.29) is 18.3 Å². The second-order valence-electron chi connectivity index (χ2n) is 5.84. The summed E-state index contributed by atoms with van der Waals surface area (Å²) in [6.45, 7) is 2.32. The third-order valence-corrected chi connectivity index (χ3v) is 4.05. The van der Waals surface area contributed by atoms with Gasteiger partial charge in [-0.25, -0.2) is 0 Å². The summed E-state index contributed by atoms with van der Waals surface area (Å²) >= 11 is 0. The highest BCUT2D eigenvalue weighted by atomic mass is 16.5. The zero-order chi connectivity index (χ0) is 17.1. The standard InChI is InChI=1S/C19H19NO4/c1-13-4-3-5-15(10-13)20-12-14(11-18(20)21)19(22)24-17-8-6-16(23-2)7-9-17/h3-10,14H,11-12H2,1-2H3/t14-/m1/s1. The van der Waals surface area contributed by atoms with E-state index in [9.17, 15) is 9.59 Å². The van der Waals surface area contributed by atoms with Gasteiger partial charge in [0.25, 0.3) is 0 Å². The molecule has 24 heavy (non-hydrogen) atoms. The predicted molar refractivity (Wildman–Crippen MR) is 90.3 cm³/mol. The van der Waals surface area contributed by atoms with Gasteiger partial charge in [-0.15, -0.1) is 0 Å². The maximum Gasteiger partial charge on any atom is 0.316 e. The van der Waals surface area contributed by atoms with Crippen LogP contribution in [0.5, 0.6) is 11.5 Å². The monoisotopic (exact) mass is 325 g/mol. The van der Waals surface area contributed by atoms with Crippen molar-refractivity contribution in [1.82, 2.24) is 0 Å². The van der Waals surface area contributed by atoms with Crippen molar-refractivity contribution < 1.29 is 19.1 Å². The summed E-state index contributed by atoms with van der Waals surface area (Å²) < 4.78 is 10.4. The molecular formula is C19H19NO4. The van der Waals surface area contributed by atoms with Crippen molar-refractivity contribution in [2.24, 2.45) is 5.92 Å². The van der Waals surface area contributed by atoms with Gasteiger partial charge in [0.05, 0.1) is 13.0 Å². The molecule has 2 aromatic rings. The van der Waals surface area contributed by atoms with Crippen LogP contribution in [-0.4, -0.2) is 25.5 Å². The molecule has 3 rings (SSSR count). The molecule has 0 unspecified atom stereocenters. The molecule has 1 heterocycles. The number of amides is 1. The molecule has 2 aromatic carbocycles. The molecule has 1 aliphatic heterocycles. The molecule has 124 valence electrons. The number of methoxy groups -OCH3 is 1. The molecule has 1 atom stereocenters. The number of anilines is 1. The average Bonchev–Trinajstić information content (AvgIpc) is 2.97. The van der Waals surface area contributed by atoms with Crippen LogP contribution in [0.15, 0.2) is 48.5 Å². The molecule has 0 aromatic heterocycles. The number of ether oxygens (including phenoxy) is 2. The Balaban J connectivity index is 1.67. The van der Waals surface area contributed by atoms with Crippen molar-refractivity contribution in [3.8, 4) is 11.5 Å². The van der Waals surface area contributed by atoms with Gasteiger partial charge < -0.3 is 14.4 Å². The first-order valence-electron chi connectivity index (χ1n) is 7.79. The van der Waals surface area contributed by atoms with E-state index >= 15 is 0 Å². The highest BCUT2D eigenvalue weighted by Gasteiger charge is 2.36. The molecule has 1 aliphatic rings. The van der Waals surface area contributed by atoms with Gasteiger partial charge in [-0.1, -0.05) is 12.1 Å². The molecule has 1 amide bonds. The lowest BCUT2D eigenvalue weighted by Gasteiger charge is -2.17. The van der Waals surface area contributed by atoms with E-state index < -0.39 is 5.92 Å². The van der Waals surface area contributed by atoms with Crippen molar-refractivity contribution >= 4 is 17.6 Å². The van der Waals surface area contributed by atoms with Gasteiger partial charge in [0.15, 0.2) is 0 Å². The quantitative estimate of drug-likeness (QED) is 0.640. The number of carbonyl (C=O) groups is 2. The molecule has 0 N–H and O–H groups in total. The van der Waals surface area contributed by atoms with Crippen molar-refractivity contribution in [3.63, 3.8) is 0 Å². The van der Waals surface area contributed by atoms with Crippen molar-refractivity contribution in [1.29, 1.82) is 0 Å². The Morgan fingerprint density at radius 3 is 2.50 bits per heavy atom. The van der Waals surface area contributed by atoms with Crippen LogP contribution in [0.3, 0.4) is 0 Å². The molecule has 0 saturated carbocycles. The Hall–Kier alpha value is -2.82. The van der Waals surface area contributed by atoms with Gasteiger partial charge >= 0.3 is 5.97 Å². The molecule has 0 aliphatic carbocycles. The summed E-state index contributed by atoms with van der Waals surface area (Å²) in [5.74, 6) is 0.236. The second-order valence-corrected chi connectivity index (χ2v) is 5.84. The molecule has 5 heteroatoms. The summed E-state index contributed by atoms with van der Waals surface area (Å²) in [5, 5.41) is 0. The zero-order valence-electron chi connectivity index (χ0n) is 13.7. The molecule has 0 spiro atoms. The van der Waals surface area contributed by atoms with Crippen LogP contribution < -0.4 is 14.4 Å². The number of carbonyl (C=O) groups excluding carboxylic acids is 2. The number of hydrogen-bond acceptors (Lipinski definition) is 4. The highest BCUT2D eigenvalue weighted by molar-refractivity contribution is 5.99. The third-order valence-electron chi connectivity index (χ3n) is 4.05. The van der Waals surface area contributed by atoms with Crippen LogP contribution in [0.2, 0.25) is 0 Å². The number of rotatable bonds is 4. The normalized spacial score (nSPS) is 17.0. The Kier molecular flexibility index (Phi) is 4.51. The number of nitrogens with zero attached hydrogens (tertiary/aromatic N) is 1. The maximum absolute atomic E-state index is 12.3. The lowest BCUT2D eigenvalue weighted by Crippen LogP contribution is -2.27. The molecule has 5 nitrogen and oxygen atoms in total. The topological polar surface area (TPSA) is 55.8 Å². The van der Waals surface area contributed by atoms with Gasteiger partial charge in [0, 0.05) is 18.7 Å². The SMILES string of the molecule is COc1ccc(OC(=O)[C@@H]2CC(=O)N(c3cccc(C)c3)C2)cc1. The summed E-state index contributed by atoms with van der Waals surface area (Å²) in [7, 11) is 1.57.